The van der Waals surface area contributed by atoms with Gasteiger partial charge in [0.15, 0.2) is 0 Å². The standard InChI is InChI=1S/C20H24N2O3/c1-15(23)21-18(16-10-6-4-7-11-16)14-20(2,22-19(24)25-3)17-12-8-5-9-13-17/h4-13,18H,14H2,1-3H3,(H,21,23)(H,22,24). The van der Waals surface area contributed by atoms with Crippen molar-refractivity contribution in [1.82, 2.24) is 10.6 Å². The van der Waals surface area contributed by atoms with Crippen LogP contribution < -0.4 is 10.6 Å². The summed E-state index contributed by atoms with van der Waals surface area (Å²) >= 11 is 0. The highest BCUT2D eigenvalue weighted by atomic mass is 16.5. The van der Waals surface area contributed by atoms with Gasteiger partial charge in [0.05, 0.1) is 18.7 Å². The van der Waals surface area contributed by atoms with Crippen molar-refractivity contribution >= 4 is 12.0 Å². The van der Waals surface area contributed by atoms with E-state index in [0.717, 1.165) is 11.1 Å². The number of methoxy groups -OCH3 is 1. The summed E-state index contributed by atoms with van der Waals surface area (Å²) in [6.45, 7) is 3.42. The quantitative estimate of drug-likeness (QED) is 0.845. The van der Waals surface area contributed by atoms with Gasteiger partial charge in [-0.25, -0.2) is 4.79 Å². The van der Waals surface area contributed by atoms with Gasteiger partial charge in [0, 0.05) is 6.92 Å². The first-order valence-electron chi connectivity index (χ1n) is 8.18. The number of benzene rings is 2. The Morgan fingerprint density at radius 1 is 1.04 bits per heavy atom. The van der Waals surface area contributed by atoms with Crippen LogP contribution in [0.15, 0.2) is 60.7 Å². The maximum Gasteiger partial charge on any atom is 0.407 e. The molecule has 2 aromatic carbocycles. The first-order chi connectivity index (χ1) is 11.9. The van der Waals surface area contributed by atoms with Crippen LogP contribution in [-0.2, 0) is 15.1 Å². The summed E-state index contributed by atoms with van der Waals surface area (Å²) in [6.07, 6.45) is -0.0311. The summed E-state index contributed by atoms with van der Waals surface area (Å²) in [7, 11) is 1.34. The summed E-state index contributed by atoms with van der Waals surface area (Å²) in [4.78, 5) is 23.6. The van der Waals surface area contributed by atoms with Crippen molar-refractivity contribution in [3.05, 3.63) is 71.8 Å². The summed E-state index contributed by atoms with van der Waals surface area (Å²) in [5, 5.41) is 5.90. The smallest absolute Gasteiger partial charge is 0.407 e. The summed E-state index contributed by atoms with van der Waals surface area (Å²) < 4.78 is 4.80. The number of carbonyl (C=O) groups excluding carboxylic acids is 2. The Morgan fingerprint density at radius 3 is 2.12 bits per heavy atom. The average molecular weight is 340 g/mol. The molecule has 0 aromatic heterocycles. The van der Waals surface area contributed by atoms with Gasteiger partial charge < -0.3 is 15.4 Å². The fourth-order valence-electron chi connectivity index (χ4n) is 2.91. The molecule has 0 spiro atoms. The van der Waals surface area contributed by atoms with Crippen molar-refractivity contribution in [3.63, 3.8) is 0 Å². The Balaban J connectivity index is 2.38. The van der Waals surface area contributed by atoms with E-state index < -0.39 is 11.6 Å². The largest absolute Gasteiger partial charge is 0.453 e. The van der Waals surface area contributed by atoms with Gasteiger partial charge in [-0.15, -0.1) is 0 Å². The number of hydrogen-bond donors (Lipinski definition) is 2. The van der Waals surface area contributed by atoms with Crippen molar-refractivity contribution in [2.75, 3.05) is 7.11 Å². The zero-order valence-electron chi connectivity index (χ0n) is 14.8. The third-order valence-electron chi connectivity index (χ3n) is 4.17. The number of ether oxygens (including phenoxy) is 1. The van der Waals surface area contributed by atoms with Gasteiger partial charge in [-0.3, -0.25) is 4.79 Å². The van der Waals surface area contributed by atoms with Crippen molar-refractivity contribution in [2.24, 2.45) is 0 Å². The van der Waals surface area contributed by atoms with Crippen LogP contribution in [0.1, 0.15) is 37.4 Å². The Bertz CT molecular complexity index is 703. The highest BCUT2D eigenvalue weighted by molar-refractivity contribution is 5.73. The molecule has 132 valence electrons. The molecular formula is C20H24N2O3. The van der Waals surface area contributed by atoms with Crippen molar-refractivity contribution < 1.29 is 14.3 Å². The molecule has 0 bridgehead atoms. The molecule has 0 saturated heterocycles. The molecule has 2 unspecified atom stereocenters. The van der Waals surface area contributed by atoms with Crippen molar-refractivity contribution in [3.8, 4) is 0 Å². The average Bonchev–Trinajstić information content (AvgIpc) is 2.62. The highest BCUT2D eigenvalue weighted by Gasteiger charge is 2.33. The molecule has 5 nitrogen and oxygen atoms in total. The lowest BCUT2D eigenvalue weighted by Crippen LogP contribution is -2.46. The predicted octanol–water partition coefficient (Wildman–Crippen LogP) is 3.53. The Morgan fingerprint density at radius 2 is 1.60 bits per heavy atom. The molecule has 2 amide bonds. The minimum atomic E-state index is -0.711. The van der Waals surface area contributed by atoms with E-state index in [0.29, 0.717) is 6.42 Å². The third kappa shape index (κ3) is 5.08. The maximum absolute atomic E-state index is 11.9. The van der Waals surface area contributed by atoms with E-state index in [9.17, 15) is 9.59 Å². The van der Waals surface area contributed by atoms with Crippen LogP contribution in [-0.4, -0.2) is 19.1 Å². The van der Waals surface area contributed by atoms with Crippen LogP contribution in [0.2, 0.25) is 0 Å². The molecule has 0 aliphatic rings. The molecule has 0 aliphatic heterocycles. The summed E-state index contributed by atoms with van der Waals surface area (Å²) in [6, 6.07) is 19.1. The molecule has 2 N–H and O–H groups in total. The van der Waals surface area contributed by atoms with Gasteiger partial charge in [0.1, 0.15) is 0 Å². The van der Waals surface area contributed by atoms with E-state index in [-0.39, 0.29) is 11.9 Å². The van der Waals surface area contributed by atoms with Crippen LogP contribution >= 0.6 is 0 Å². The minimum Gasteiger partial charge on any atom is -0.453 e. The fraction of sp³-hybridized carbons (Fsp3) is 0.300. The van der Waals surface area contributed by atoms with E-state index in [1.54, 1.807) is 0 Å². The van der Waals surface area contributed by atoms with E-state index in [1.165, 1.54) is 14.0 Å². The Kier molecular flexibility index (Phi) is 6.17. The first-order valence-corrected chi connectivity index (χ1v) is 8.18. The number of alkyl carbamates (subject to hydrolysis) is 1. The number of hydrogen-bond acceptors (Lipinski definition) is 3. The Labute approximate surface area is 148 Å². The zero-order chi connectivity index (χ0) is 18.3. The van der Waals surface area contributed by atoms with E-state index in [4.69, 9.17) is 4.74 Å². The van der Waals surface area contributed by atoms with E-state index >= 15 is 0 Å². The molecule has 0 heterocycles. The lowest BCUT2D eigenvalue weighted by atomic mass is 9.83. The molecule has 0 saturated carbocycles. The van der Waals surface area contributed by atoms with E-state index in [1.807, 2.05) is 67.6 Å². The summed E-state index contributed by atoms with van der Waals surface area (Å²) in [5.41, 5.74) is 1.20. The predicted molar refractivity (Wildman–Crippen MR) is 97.0 cm³/mol. The third-order valence-corrected chi connectivity index (χ3v) is 4.17. The normalized spacial score (nSPS) is 14.0. The molecule has 0 radical (unpaired) electrons. The molecule has 5 heteroatoms. The number of amides is 2. The van der Waals surface area contributed by atoms with Gasteiger partial charge in [-0.1, -0.05) is 60.7 Å². The van der Waals surface area contributed by atoms with Crippen LogP contribution in [0, 0.1) is 0 Å². The second kappa shape index (κ2) is 8.33. The first kappa shape index (κ1) is 18.5. The molecule has 2 rings (SSSR count). The molecule has 0 fully saturated rings. The number of nitrogens with one attached hydrogen (secondary N) is 2. The van der Waals surface area contributed by atoms with Gasteiger partial charge in [0.25, 0.3) is 0 Å². The van der Waals surface area contributed by atoms with Gasteiger partial charge in [-0.2, -0.15) is 0 Å². The Hall–Kier alpha value is -2.82. The SMILES string of the molecule is COC(=O)NC(C)(CC(NC(C)=O)c1ccccc1)c1ccccc1. The monoisotopic (exact) mass is 340 g/mol. The highest BCUT2D eigenvalue weighted by Crippen LogP contribution is 2.32. The molecule has 0 aliphatic carbocycles. The van der Waals surface area contributed by atoms with E-state index in [2.05, 4.69) is 10.6 Å². The molecule has 2 aromatic rings. The zero-order valence-corrected chi connectivity index (χ0v) is 14.8. The van der Waals surface area contributed by atoms with Crippen molar-refractivity contribution in [1.29, 1.82) is 0 Å². The molecular weight excluding hydrogens is 316 g/mol. The fourth-order valence-corrected chi connectivity index (χ4v) is 2.91. The van der Waals surface area contributed by atoms with Crippen molar-refractivity contribution in [2.45, 2.75) is 31.8 Å². The number of carbonyl (C=O) groups is 2. The van der Waals surface area contributed by atoms with Gasteiger partial charge in [0.2, 0.25) is 5.91 Å². The molecule has 25 heavy (non-hydrogen) atoms. The van der Waals surface area contributed by atoms with Gasteiger partial charge in [-0.05, 0) is 24.5 Å². The topological polar surface area (TPSA) is 67.4 Å². The van der Waals surface area contributed by atoms with Crippen LogP contribution in [0.3, 0.4) is 0 Å². The second-order valence-electron chi connectivity index (χ2n) is 6.18. The minimum absolute atomic E-state index is 0.123. The van der Waals surface area contributed by atoms with Gasteiger partial charge >= 0.3 is 6.09 Å². The van der Waals surface area contributed by atoms with Crippen LogP contribution in [0.5, 0.6) is 0 Å². The van der Waals surface area contributed by atoms with Crippen LogP contribution in [0.4, 0.5) is 4.79 Å². The lowest BCUT2D eigenvalue weighted by Gasteiger charge is -2.34. The van der Waals surface area contributed by atoms with Crippen LogP contribution in [0.25, 0.3) is 0 Å². The number of rotatable bonds is 6. The second-order valence-corrected chi connectivity index (χ2v) is 6.18. The summed E-state index contributed by atoms with van der Waals surface area (Å²) in [5.74, 6) is -0.123. The maximum atomic E-state index is 11.9. The molecule has 2 atom stereocenters. The lowest BCUT2D eigenvalue weighted by molar-refractivity contribution is -0.119.